The molecule has 1 atom stereocenters. The maximum atomic E-state index is 13.5. The van der Waals surface area contributed by atoms with Crippen LogP contribution in [0.1, 0.15) is 43.0 Å². The van der Waals surface area contributed by atoms with Gasteiger partial charge in [-0.2, -0.15) is 4.98 Å². The lowest BCUT2D eigenvalue weighted by Crippen LogP contribution is -2.45. The Kier molecular flexibility index (Phi) is 7.14. The van der Waals surface area contributed by atoms with Gasteiger partial charge in [0.2, 0.25) is 5.88 Å². The maximum Gasteiger partial charge on any atom is 0.254 e. The van der Waals surface area contributed by atoms with E-state index in [0.29, 0.717) is 48.8 Å². The molecule has 1 saturated carbocycles. The number of pyridine rings is 1. The summed E-state index contributed by atoms with van der Waals surface area (Å²) in [4.78, 5) is 25.3. The van der Waals surface area contributed by atoms with Crippen LogP contribution in [0.15, 0.2) is 30.3 Å². The summed E-state index contributed by atoms with van der Waals surface area (Å²) in [5.74, 6) is 2.47. The van der Waals surface area contributed by atoms with Crippen LogP contribution in [-0.4, -0.2) is 76.5 Å². The van der Waals surface area contributed by atoms with Gasteiger partial charge in [0.1, 0.15) is 16.9 Å². The third kappa shape index (κ3) is 4.58. The standard InChI is InChI=1S/C30H38N6O4/c1-5-35-24(14-19-8-9-26(40-4)33-28(19)35)29-32-23-13-20(30(37)34-10-6-7-21(31)17-34)15-25(39-3)27(23)36(29)16-18-11-22(12-18)38-2/h8-9,13-15,18,21-22H,5-7,10-12,16-17,31H2,1-4H3/t18-,21-,22+/m1/s1. The summed E-state index contributed by atoms with van der Waals surface area (Å²) in [6.45, 7) is 4.87. The van der Waals surface area contributed by atoms with Crippen molar-refractivity contribution in [1.82, 2.24) is 24.0 Å². The van der Waals surface area contributed by atoms with Gasteiger partial charge in [0.15, 0.2) is 5.82 Å². The smallest absolute Gasteiger partial charge is 0.254 e. The number of ether oxygens (including phenoxy) is 3. The summed E-state index contributed by atoms with van der Waals surface area (Å²) in [6, 6.07) is 9.80. The number of piperidine rings is 1. The Balaban J connectivity index is 1.50. The van der Waals surface area contributed by atoms with Crippen molar-refractivity contribution in [3.05, 3.63) is 35.9 Å². The molecule has 1 amide bonds. The molecule has 10 nitrogen and oxygen atoms in total. The second-order valence-electron chi connectivity index (χ2n) is 11.0. The molecule has 4 aromatic rings. The largest absolute Gasteiger partial charge is 0.494 e. The van der Waals surface area contributed by atoms with Gasteiger partial charge in [-0.05, 0) is 62.8 Å². The molecular formula is C30H38N6O4. The van der Waals surface area contributed by atoms with Gasteiger partial charge in [0, 0.05) is 56.3 Å². The molecular weight excluding hydrogens is 508 g/mol. The number of methoxy groups -OCH3 is 3. The van der Waals surface area contributed by atoms with Crippen LogP contribution in [0.2, 0.25) is 0 Å². The molecule has 10 heteroatoms. The lowest BCUT2D eigenvalue weighted by Gasteiger charge is -2.34. The molecule has 0 bridgehead atoms. The predicted molar refractivity (Wildman–Crippen MR) is 154 cm³/mol. The first kappa shape index (κ1) is 26.6. The number of aryl methyl sites for hydroxylation is 1. The number of imidazole rings is 1. The number of hydrogen-bond acceptors (Lipinski definition) is 7. The molecule has 0 radical (unpaired) electrons. The van der Waals surface area contributed by atoms with E-state index in [1.807, 2.05) is 29.2 Å². The van der Waals surface area contributed by atoms with Crippen LogP contribution < -0.4 is 15.2 Å². The summed E-state index contributed by atoms with van der Waals surface area (Å²) in [5, 5.41) is 1.02. The highest BCUT2D eigenvalue weighted by Crippen LogP contribution is 2.39. The number of amides is 1. The lowest BCUT2D eigenvalue weighted by atomic mass is 9.82. The van der Waals surface area contributed by atoms with Gasteiger partial charge in [-0.15, -0.1) is 0 Å². The number of carbonyl (C=O) groups excluding carboxylic acids is 1. The molecule has 1 aromatic carbocycles. The zero-order valence-corrected chi connectivity index (χ0v) is 23.7. The van der Waals surface area contributed by atoms with Crippen molar-refractivity contribution in [2.45, 2.75) is 57.8 Å². The number of rotatable bonds is 8. The number of hydrogen-bond donors (Lipinski definition) is 1. The van der Waals surface area contributed by atoms with Crippen molar-refractivity contribution in [1.29, 1.82) is 0 Å². The third-order valence-electron chi connectivity index (χ3n) is 8.46. The van der Waals surface area contributed by atoms with E-state index in [1.165, 1.54) is 0 Å². The molecule has 0 spiro atoms. The molecule has 1 aliphatic carbocycles. The summed E-state index contributed by atoms with van der Waals surface area (Å²) < 4.78 is 21.3. The zero-order chi connectivity index (χ0) is 28.0. The number of nitrogens with two attached hydrogens (primary N) is 1. The SMILES string of the molecule is CCn1c(-c2nc3cc(C(=O)N4CCC[C@@H](N)C4)cc(OC)c3n2C[C@H]2C[C@@H](OC)C2)cc2ccc(OC)nc21. The fraction of sp³-hybridized carbons (Fsp3) is 0.500. The highest BCUT2D eigenvalue weighted by molar-refractivity contribution is 6.00. The van der Waals surface area contributed by atoms with Gasteiger partial charge in [0.25, 0.3) is 5.91 Å². The van der Waals surface area contributed by atoms with Gasteiger partial charge >= 0.3 is 0 Å². The number of carbonyl (C=O) groups is 1. The molecule has 1 aliphatic heterocycles. The molecule has 1 saturated heterocycles. The Morgan fingerprint density at radius 2 is 1.90 bits per heavy atom. The Hall–Kier alpha value is -3.63. The normalized spacial score (nSPS) is 21.1. The summed E-state index contributed by atoms with van der Waals surface area (Å²) in [6.07, 6.45) is 4.15. The third-order valence-corrected chi connectivity index (χ3v) is 8.46. The summed E-state index contributed by atoms with van der Waals surface area (Å²) >= 11 is 0. The van der Waals surface area contributed by atoms with E-state index in [9.17, 15) is 4.79 Å². The van der Waals surface area contributed by atoms with Crippen LogP contribution in [0.25, 0.3) is 33.6 Å². The lowest BCUT2D eigenvalue weighted by molar-refractivity contribution is -0.00392. The highest BCUT2D eigenvalue weighted by Gasteiger charge is 2.32. The first-order valence-electron chi connectivity index (χ1n) is 14.1. The van der Waals surface area contributed by atoms with Crippen LogP contribution in [-0.2, 0) is 17.8 Å². The Labute approximate surface area is 234 Å². The zero-order valence-electron chi connectivity index (χ0n) is 23.7. The average molecular weight is 547 g/mol. The van der Waals surface area contributed by atoms with E-state index < -0.39 is 0 Å². The fourth-order valence-electron chi connectivity index (χ4n) is 6.26. The van der Waals surface area contributed by atoms with Crippen molar-refractivity contribution >= 4 is 28.0 Å². The van der Waals surface area contributed by atoms with Gasteiger partial charge in [-0.1, -0.05) is 0 Å². The van der Waals surface area contributed by atoms with Crippen LogP contribution in [0.4, 0.5) is 0 Å². The topological polar surface area (TPSA) is 110 Å². The second-order valence-corrected chi connectivity index (χ2v) is 11.0. The summed E-state index contributed by atoms with van der Waals surface area (Å²) in [7, 11) is 5.05. The monoisotopic (exact) mass is 546 g/mol. The van der Waals surface area contributed by atoms with Gasteiger partial charge < -0.3 is 34.0 Å². The van der Waals surface area contributed by atoms with E-state index in [0.717, 1.165) is 65.8 Å². The number of likely N-dealkylation sites (tertiary alicyclic amines) is 1. The molecule has 4 heterocycles. The van der Waals surface area contributed by atoms with E-state index in [4.69, 9.17) is 29.9 Å². The average Bonchev–Trinajstić information content (AvgIpc) is 3.50. The Morgan fingerprint density at radius 1 is 1.07 bits per heavy atom. The van der Waals surface area contributed by atoms with E-state index >= 15 is 0 Å². The first-order chi connectivity index (χ1) is 19.4. The summed E-state index contributed by atoms with van der Waals surface area (Å²) in [5.41, 5.74) is 10.2. The van der Waals surface area contributed by atoms with E-state index in [1.54, 1.807) is 21.3 Å². The van der Waals surface area contributed by atoms with Gasteiger partial charge in [-0.25, -0.2) is 4.98 Å². The molecule has 2 fully saturated rings. The minimum absolute atomic E-state index is 0.00994. The maximum absolute atomic E-state index is 13.5. The fourth-order valence-corrected chi connectivity index (χ4v) is 6.26. The minimum Gasteiger partial charge on any atom is -0.494 e. The van der Waals surface area contributed by atoms with Crippen LogP contribution in [0.3, 0.4) is 0 Å². The quantitative estimate of drug-likeness (QED) is 0.355. The van der Waals surface area contributed by atoms with Crippen LogP contribution in [0, 0.1) is 5.92 Å². The van der Waals surface area contributed by atoms with E-state index in [-0.39, 0.29) is 11.9 Å². The Bertz CT molecular complexity index is 1550. The highest BCUT2D eigenvalue weighted by atomic mass is 16.5. The molecule has 0 unspecified atom stereocenters. The molecule has 2 aliphatic rings. The number of nitrogens with zero attached hydrogens (tertiary/aromatic N) is 5. The van der Waals surface area contributed by atoms with Crippen LogP contribution >= 0.6 is 0 Å². The Morgan fingerprint density at radius 3 is 2.60 bits per heavy atom. The minimum atomic E-state index is -0.0349. The molecule has 2 N–H and O–H groups in total. The second kappa shape index (κ2) is 10.7. The number of aromatic nitrogens is 4. The van der Waals surface area contributed by atoms with Crippen molar-refractivity contribution < 1.29 is 19.0 Å². The van der Waals surface area contributed by atoms with Gasteiger partial charge in [-0.3, -0.25) is 4.79 Å². The molecule has 3 aromatic heterocycles. The van der Waals surface area contributed by atoms with Crippen LogP contribution in [0.5, 0.6) is 11.6 Å². The van der Waals surface area contributed by atoms with E-state index in [2.05, 4.69) is 22.1 Å². The molecule has 6 rings (SSSR count). The van der Waals surface area contributed by atoms with Crippen molar-refractivity contribution in [2.75, 3.05) is 34.4 Å². The molecule has 40 heavy (non-hydrogen) atoms. The molecule has 212 valence electrons. The van der Waals surface area contributed by atoms with Crippen molar-refractivity contribution in [3.8, 4) is 23.1 Å². The van der Waals surface area contributed by atoms with Crippen molar-refractivity contribution in [2.24, 2.45) is 11.7 Å². The van der Waals surface area contributed by atoms with Gasteiger partial charge in [0.05, 0.1) is 31.5 Å². The first-order valence-corrected chi connectivity index (χ1v) is 14.1. The number of fused-ring (bicyclic) bond motifs is 2. The number of benzene rings is 1. The predicted octanol–water partition coefficient (Wildman–Crippen LogP) is 4.08. The van der Waals surface area contributed by atoms with Crippen molar-refractivity contribution in [3.63, 3.8) is 0 Å².